The van der Waals surface area contributed by atoms with Crippen LogP contribution in [0.2, 0.25) is 0 Å². The Balaban J connectivity index is 2.01. The third kappa shape index (κ3) is 3.73. The summed E-state index contributed by atoms with van der Waals surface area (Å²) in [4.78, 5) is 49.3. The van der Waals surface area contributed by atoms with Crippen molar-refractivity contribution in [2.24, 2.45) is 14.1 Å². The predicted molar refractivity (Wildman–Crippen MR) is 108 cm³/mol. The van der Waals surface area contributed by atoms with Gasteiger partial charge in [0.15, 0.2) is 5.78 Å². The monoisotopic (exact) mass is 400 g/mol. The number of aryl methyl sites for hydroxylation is 1. The first-order valence-electron chi connectivity index (χ1n) is 9.24. The molecule has 29 heavy (non-hydrogen) atoms. The second kappa shape index (κ2) is 8.04. The molecule has 0 fully saturated rings. The molecule has 9 nitrogen and oxygen atoms in total. The van der Waals surface area contributed by atoms with Gasteiger partial charge in [-0.05, 0) is 19.4 Å². The average molecular weight is 400 g/mol. The van der Waals surface area contributed by atoms with Gasteiger partial charge in [0, 0.05) is 33.3 Å². The lowest BCUT2D eigenvalue weighted by Gasteiger charge is -2.18. The fourth-order valence-corrected chi connectivity index (χ4v) is 3.47. The number of nitrogens with zero attached hydrogens (tertiary/aromatic N) is 3. The summed E-state index contributed by atoms with van der Waals surface area (Å²) in [6, 6.07) is 1.23. The molecule has 1 aliphatic carbocycles. The van der Waals surface area contributed by atoms with E-state index in [1.165, 1.54) is 31.7 Å². The highest BCUT2D eigenvalue weighted by Gasteiger charge is 2.23. The lowest BCUT2D eigenvalue weighted by atomic mass is 10.0. The third-order valence-electron chi connectivity index (χ3n) is 5.07. The summed E-state index contributed by atoms with van der Waals surface area (Å²) in [6.45, 7) is 2.10. The molecule has 9 heteroatoms. The summed E-state index contributed by atoms with van der Waals surface area (Å²) in [6.07, 6.45) is 5.74. The van der Waals surface area contributed by atoms with E-state index in [1.807, 2.05) is 0 Å². The zero-order valence-electron chi connectivity index (χ0n) is 16.9. The number of carbonyl (C=O) groups is 2. The number of amides is 1. The summed E-state index contributed by atoms with van der Waals surface area (Å²) in [5.41, 5.74) is 0.329. The largest absolute Gasteiger partial charge is 0.383 e. The molecule has 2 aromatic heterocycles. The fraction of sp³-hybridized carbons (Fsp3) is 0.400. The summed E-state index contributed by atoms with van der Waals surface area (Å²) in [7, 11) is 4.50. The summed E-state index contributed by atoms with van der Waals surface area (Å²) in [5.74, 6) is -0.399. The number of aromatic nitrogens is 3. The number of ether oxygens (including phenoxy) is 1. The lowest BCUT2D eigenvalue weighted by molar-refractivity contribution is -0.113. The Kier molecular flexibility index (Phi) is 5.69. The van der Waals surface area contributed by atoms with Gasteiger partial charge < -0.3 is 14.6 Å². The molecule has 0 unspecified atom stereocenters. The highest BCUT2D eigenvalue weighted by atomic mass is 16.5. The van der Waals surface area contributed by atoms with Crippen LogP contribution in [0.5, 0.6) is 0 Å². The van der Waals surface area contributed by atoms with Crippen LogP contribution in [-0.4, -0.2) is 45.2 Å². The van der Waals surface area contributed by atoms with Gasteiger partial charge in [-0.15, -0.1) is 0 Å². The van der Waals surface area contributed by atoms with Crippen molar-refractivity contribution in [1.29, 1.82) is 0 Å². The molecule has 2 heterocycles. The Labute approximate surface area is 166 Å². The van der Waals surface area contributed by atoms with Crippen LogP contribution < -0.4 is 16.6 Å². The lowest BCUT2D eigenvalue weighted by Crippen LogP contribution is -2.37. The van der Waals surface area contributed by atoms with E-state index < -0.39 is 11.2 Å². The van der Waals surface area contributed by atoms with Crippen LogP contribution in [0.1, 0.15) is 23.8 Å². The molecule has 0 aromatic carbocycles. The average Bonchev–Trinajstić information content (AvgIpc) is 3.09. The maximum atomic E-state index is 13.0. The zero-order valence-corrected chi connectivity index (χ0v) is 16.9. The first-order chi connectivity index (χ1) is 13.8. The van der Waals surface area contributed by atoms with Crippen LogP contribution in [0.4, 0.5) is 0 Å². The number of hydrogen-bond donors (Lipinski definition) is 1. The van der Waals surface area contributed by atoms with E-state index in [4.69, 9.17) is 4.74 Å². The van der Waals surface area contributed by atoms with Gasteiger partial charge in [-0.3, -0.25) is 23.5 Å². The van der Waals surface area contributed by atoms with E-state index in [0.717, 1.165) is 4.57 Å². The van der Waals surface area contributed by atoms with E-state index in [1.54, 1.807) is 29.8 Å². The maximum Gasteiger partial charge on any atom is 0.332 e. The topological polar surface area (TPSA) is 104 Å². The van der Waals surface area contributed by atoms with Gasteiger partial charge in [0.25, 0.3) is 11.5 Å². The normalized spacial score (nSPS) is 16.1. The molecule has 0 saturated carbocycles. The van der Waals surface area contributed by atoms with Crippen LogP contribution in [-0.2, 0) is 30.2 Å². The zero-order chi connectivity index (χ0) is 21.3. The van der Waals surface area contributed by atoms with Crippen molar-refractivity contribution in [3.8, 4) is 0 Å². The Morgan fingerprint density at radius 2 is 1.97 bits per heavy atom. The van der Waals surface area contributed by atoms with Crippen LogP contribution in [0.15, 0.2) is 39.5 Å². The quantitative estimate of drug-likeness (QED) is 0.749. The van der Waals surface area contributed by atoms with Crippen LogP contribution in [0, 0.1) is 0 Å². The number of hydrogen-bond acceptors (Lipinski definition) is 5. The van der Waals surface area contributed by atoms with E-state index in [2.05, 4.69) is 5.32 Å². The van der Waals surface area contributed by atoms with Crippen molar-refractivity contribution in [1.82, 2.24) is 19.0 Å². The molecule has 0 saturated heterocycles. The van der Waals surface area contributed by atoms with Gasteiger partial charge in [-0.1, -0.05) is 18.2 Å². The Morgan fingerprint density at radius 3 is 2.55 bits per heavy atom. The number of carbonyl (C=O) groups excluding carboxylic acids is 2. The molecule has 1 amide bonds. The Bertz CT molecular complexity index is 1160. The first-order valence-corrected chi connectivity index (χ1v) is 9.24. The number of nitrogens with one attached hydrogen (secondary N) is 1. The van der Waals surface area contributed by atoms with E-state index in [9.17, 15) is 19.2 Å². The standard InChI is InChI=1S/C20H24N4O5/c1-12(25)13-5-7-14(8-6-13)21-17(26)16-11-15-18(24(16)9-10-29-4)22(2)20(28)23(3)19(15)27/h5-7,11,14H,8-10H2,1-4H3,(H,21,26)/t14-/m0/s1. The van der Waals surface area contributed by atoms with Gasteiger partial charge in [0.2, 0.25) is 0 Å². The smallest absolute Gasteiger partial charge is 0.332 e. The molecule has 0 bridgehead atoms. The molecule has 154 valence electrons. The highest BCUT2D eigenvalue weighted by Crippen LogP contribution is 2.17. The number of Topliss-reactive ketones (excluding diaryl/α,β-unsaturated/α-hetero) is 1. The number of fused-ring (bicyclic) bond motifs is 1. The van der Waals surface area contributed by atoms with Crippen LogP contribution >= 0.6 is 0 Å². The molecular formula is C20H24N4O5. The third-order valence-corrected chi connectivity index (χ3v) is 5.07. The second-order valence-corrected chi connectivity index (χ2v) is 7.01. The van der Waals surface area contributed by atoms with Crippen molar-refractivity contribution < 1.29 is 14.3 Å². The molecule has 1 atom stereocenters. The summed E-state index contributed by atoms with van der Waals surface area (Å²) >= 11 is 0. The van der Waals surface area contributed by atoms with Gasteiger partial charge in [-0.2, -0.15) is 0 Å². The van der Waals surface area contributed by atoms with Crippen LogP contribution in [0.3, 0.4) is 0 Å². The summed E-state index contributed by atoms with van der Waals surface area (Å²) in [5, 5.41) is 3.19. The molecule has 0 aliphatic heterocycles. The molecule has 3 rings (SSSR count). The van der Waals surface area contributed by atoms with E-state index in [0.29, 0.717) is 30.8 Å². The molecular weight excluding hydrogens is 376 g/mol. The maximum absolute atomic E-state index is 13.0. The molecule has 0 spiro atoms. The fourth-order valence-electron chi connectivity index (χ4n) is 3.47. The van der Waals surface area contributed by atoms with Gasteiger partial charge in [0.1, 0.15) is 11.3 Å². The van der Waals surface area contributed by atoms with Crippen LogP contribution in [0.25, 0.3) is 11.0 Å². The van der Waals surface area contributed by atoms with Crippen molar-refractivity contribution in [3.63, 3.8) is 0 Å². The number of methoxy groups -OCH3 is 1. The van der Waals surface area contributed by atoms with E-state index >= 15 is 0 Å². The molecule has 2 aromatic rings. The van der Waals surface area contributed by atoms with Gasteiger partial charge in [0.05, 0.1) is 18.0 Å². The number of ketones is 1. The molecule has 1 N–H and O–H groups in total. The second-order valence-electron chi connectivity index (χ2n) is 7.01. The van der Waals surface area contributed by atoms with Crippen molar-refractivity contribution in [3.05, 3.63) is 56.4 Å². The van der Waals surface area contributed by atoms with Crippen molar-refractivity contribution in [2.45, 2.75) is 25.9 Å². The van der Waals surface area contributed by atoms with E-state index in [-0.39, 0.29) is 28.8 Å². The molecule has 1 aliphatic rings. The Morgan fingerprint density at radius 1 is 1.24 bits per heavy atom. The Hall–Kier alpha value is -3.20. The SMILES string of the molecule is COCCn1c(C(=O)N[C@H]2C=CC(C(C)=O)=CC2)cc2c(=O)n(C)c(=O)n(C)c21. The molecule has 0 radical (unpaired) electrons. The minimum Gasteiger partial charge on any atom is -0.383 e. The predicted octanol–water partition coefficient (Wildman–Crippen LogP) is 0.259. The van der Waals surface area contributed by atoms with Crippen molar-refractivity contribution in [2.75, 3.05) is 13.7 Å². The highest BCUT2D eigenvalue weighted by molar-refractivity contribution is 5.99. The van der Waals surface area contributed by atoms with Crippen molar-refractivity contribution >= 4 is 22.7 Å². The first kappa shape index (κ1) is 20.5. The minimum absolute atomic E-state index is 0.0255. The number of allylic oxidation sites excluding steroid dienone is 2. The van der Waals surface area contributed by atoms with Gasteiger partial charge >= 0.3 is 5.69 Å². The minimum atomic E-state index is -0.469. The van der Waals surface area contributed by atoms with Gasteiger partial charge in [-0.25, -0.2) is 4.79 Å². The number of rotatable bonds is 6. The summed E-state index contributed by atoms with van der Waals surface area (Å²) < 4.78 is 9.13.